The minimum atomic E-state index is 0.122. The molecular formula is C17H28N2O2. The zero-order valence-corrected chi connectivity index (χ0v) is 13.3. The van der Waals surface area contributed by atoms with E-state index in [0.29, 0.717) is 0 Å². The number of hydrogen-bond acceptors (Lipinski definition) is 2. The summed E-state index contributed by atoms with van der Waals surface area (Å²) in [4.78, 5) is 14.7. The molecule has 2 atom stereocenters. The van der Waals surface area contributed by atoms with Gasteiger partial charge in [-0.1, -0.05) is 0 Å². The van der Waals surface area contributed by atoms with E-state index in [9.17, 15) is 4.79 Å². The van der Waals surface area contributed by atoms with E-state index in [1.165, 1.54) is 38.5 Å². The van der Waals surface area contributed by atoms with E-state index in [4.69, 9.17) is 4.74 Å². The van der Waals surface area contributed by atoms with Gasteiger partial charge >= 0.3 is 6.03 Å². The van der Waals surface area contributed by atoms with E-state index in [2.05, 4.69) is 19.2 Å². The first kappa shape index (κ1) is 13.9. The average Bonchev–Trinajstić information content (AvgIpc) is 2.35. The summed E-state index contributed by atoms with van der Waals surface area (Å²) in [5, 5.41) is 3.47. The Hall–Kier alpha value is -0.770. The van der Waals surface area contributed by atoms with Crippen molar-refractivity contribution in [2.24, 2.45) is 17.8 Å². The van der Waals surface area contributed by atoms with Crippen molar-refractivity contribution in [3.8, 4) is 0 Å². The summed E-state index contributed by atoms with van der Waals surface area (Å²) in [6.45, 7) is 5.56. The van der Waals surface area contributed by atoms with Crippen LogP contribution in [0.5, 0.6) is 0 Å². The number of urea groups is 1. The van der Waals surface area contributed by atoms with E-state index >= 15 is 0 Å². The van der Waals surface area contributed by atoms with Gasteiger partial charge in [-0.05, 0) is 70.1 Å². The Kier molecular flexibility index (Phi) is 3.21. The average molecular weight is 292 g/mol. The van der Waals surface area contributed by atoms with Gasteiger partial charge in [-0.2, -0.15) is 0 Å². The molecule has 5 fully saturated rings. The minimum absolute atomic E-state index is 0.122. The van der Waals surface area contributed by atoms with E-state index in [1.807, 2.05) is 4.90 Å². The van der Waals surface area contributed by atoms with Crippen molar-refractivity contribution in [3.63, 3.8) is 0 Å². The van der Waals surface area contributed by atoms with Gasteiger partial charge in [0.05, 0.1) is 12.2 Å². The first-order valence-electron chi connectivity index (χ1n) is 8.74. The number of rotatable bonds is 1. The third kappa shape index (κ3) is 2.56. The van der Waals surface area contributed by atoms with Crippen LogP contribution in [0.1, 0.15) is 52.4 Å². The number of carbonyl (C=O) groups excluding carboxylic acids is 1. The highest BCUT2D eigenvalue weighted by Crippen LogP contribution is 2.55. The molecule has 0 spiro atoms. The predicted molar refractivity (Wildman–Crippen MR) is 81.0 cm³/mol. The van der Waals surface area contributed by atoms with Crippen molar-refractivity contribution >= 4 is 6.03 Å². The minimum Gasteiger partial charge on any atom is -0.372 e. The molecule has 0 aromatic rings. The van der Waals surface area contributed by atoms with Crippen LogP contribution in [-0.4, -0.2) is 41.8 Å². The van der Waals surface area contributed by atoms with E-state index < -0.39 is 0 Å². The van der Waals surface area contributed by atoms with Crippen molar-refractivity contribution in [3.05, 3.63) is 0 Å². The van der Waals surface area contributed by atoms with Gasteiger partial charge in [0.2, 0.25) is 0 Å². The van der Waals surface area contributed by atoms with Crippen LogP contribution >= 0.6 is 0 Å². The molecule has 5 rings (SSSR count). The number of carbonyl (C=O) groups is 1. The van der Waals surface area contributed by atoms with Crippen LogP contribution in [0.2, 0.25) is 0 Å². The third-order valence-electron chi connectivity index (χ3n) is 6.12. The van der Waals surface area contributed by atoms with Crippen molar-refractivity contribution in [2.75, 3.05) is 13.1 Å². The monoisotopic (exact) mass is 292 g/mol. The number of hydrogen-bond donors (Lipinski definition) is 1. The molecule has 1 aliphatic heterocycles. The molecule has 0 aromatic carbocycles. The summed E-state index contributed by atoms with van der Waals surface area (Å²) in [5.74, 6) is 2.62. The molecule has 5 aliphatic rings. The fourth-order valence-electron chi connectivity index (χ4n) is 5.91. The zero-order valence-electron chi connectivity index (χ0n) is 13.3. The quantitative estimate of drug-likeness (QED) is 0.807. The number of nitrogens with zero attached hydrogens (tertiary/aromatic N) is 1. The SMILES string of the molecule is C[C@@H]1CN(C(=O)NC23CC4CC(CC(C4)C2)C3)C[C@H](C)O1. The standard InChI is InChI=1S/C17H28N2O2/c1-11-9-19(10-12(2)21-11)16(20)18-17-6-13-3-14(7-17)5-15(4-13)8-17/h11-15H,3-10H2,1-2H3,(H,18,20)/t11-,12+,13?,14?,15?,17?. The summed E-state index contributed by atoms with van der Waals surface area (Å²) in [5.41, 5.74) is 0.122. The molecule has 1 N–H and O–H groups in total. The molecule has 4 nitrogen and oxygen atoms in total. The highest BCUT2D eigenvalue weighted by Gasteiger charge is 2.52. The van der Waals surface area contributed by atoms with Crippen LogP contribution in [0.25, 0.3) is 0 Å². The van der Waals surface area contributed by atoms with Crippen molar-refractivity contribution in [1.82, 2.24) is 10.2 Å². The number of morpholine rings is 1. The van der Waals surface area contributed by atoms with E-state index in [-0.39, 0.29) is 23.8 Å². The number of nitrogens with one attached hydrogen (secondary N) is 1. The second-order valence-corrected chi connectivity index (χ2v) is 8.29. The lowest BCUT2D eigenvalue weighted by Crippen LogP contribution is -2.63. The third-order valence-corrected chi connectivity index (χ3v) is 6.12. The van der Waals surface area contributed by atoms with Crippen molar-refractivity contribution < 1.29 is 9.53 Å². The molecule has 0 unspecified atom stereocenters. The fourth-order valence-corrected chi connectivity index (χ4v) is 5.91. The van der Waals surface area contributed by atoms with Gasteiger partial charge in [-0.15, -0.1) is 0 Å². The van der Waals surface area contributed by atoms with Gasteiger partial charge in [0.15, 0.2) is 0 Å². The van der Waals surface area contributed by atoms with Gasteiger partial charge in [-0.25, -0.2) is 4.79 Å². The molecule has 21 heavy (non-hydrogen) atoms. The van der Waals surface area contributed by atoms with Gasteiger partial charge in [-0.3, -0.25) is 0 Å². The molecule has 118 valence electrons. The summed E-state index contributed by atoms with van der Waals surface area (Å²) in [6, 6.07) is 0.152. The number of ether oxygens (including phenoxy) is 1. The van der Waals surface area contributed by atoms with Gasteiger partial charge in [0.25, 0.3) is 0 Å². The maximum absolute atomic E-state index is 12.7. The summed E-state index contributed by atoms with van der Waals surface area (Å²) in [7, 11) is 0. The molecule has 4 bridgehead atoms. The summed E-state index contributed by atoms with van der Waals surface area (Å²) >= 11 is 0. The second-order valence-electron chi connectivity index (χ2n) is 8.29. The lowest BCUT2D eigenvalue weighted by molar-refractivity contribution is -0.0593. The largest absolute Gasteiger partial charge is 0.372 e. The first-order chi connectivity index (χ1) is 10.0. The fraction of sp³-hybridized carbons (Fsp3) is 0.941. The van der Waals surface area contributed by atoms with Crippen LogP contribution in [0, 0.1) is 17.8 Å². The molecule has 4 saturated carbocycles. The Morgan fingerprint density at radius 3 is 1.95 bits per heavy atom. The van der Waals surface area contributed by atoms with Gasteiger partial charge < -0.3 is 15.0 Å². The maximum atomic E-state index is 12.7. The predicted octanol–water partition coefficient (Wildman–Crippen LogP) is 2.77. The lowest BCUT2D eigenvalue weighted by atomic mass is 9.53. The van der Waals surface area contributed by atoms with E-state index in [1.54, 1.807) is 0 Å². The molecule has 1 saturated heterocycles. The van der Waals surface area contributed by atoms with Crippen molar-refractivity contribution in [2.45, 2.75) is 70.1 Å². The van der Waals surface area contributed by atoms with Crippen LogP contribution < -0.4 is 5.32 Å². The highest BCUT2D eigenvalue weighted by atomic mass is 16.5. The van der Waals surface area contributed by atoms with E-state index in [0.717, 1.165) is 30.8 Å². The smallest absolute Gasteiger partial charge is 0.318 e. The normalized spacial score (nSPS) is 48.5. The molecule has 2 amide bonds. The summed E-state index contributed by atoms with van der Waals surface area (Å²) in [6.07, 6.45) is 8.22. The molecule has 0 aromatic heterocycles. The number of amides is 2. The molecule has 1 heterocycles. The van der Waals surface area contributed by atoms with Gasteiger partial charge in [0.1, 0.15) is 0 Å². The summed E-state index contributed by atoms with van der Waals surface area (Å²) < 4.78 is 5.74. The maximum Gasteiger partial charge on any atom is 0.318 e. The van der Waals surface area contributed by atoms with Crippen molar-refractivity contribution in [1.29, 1.82) is 0 Å². The Bertz CT molecular complexity index is 391. The van der Waals surface area contributed by atoms with Gasteiger partial charge in [0, 0.05) is 18.6 Å². The Balaban J connectivity index is 1.44. The van der Waals surface area contributed by atoms with Crippen LogP contribution in [-0.2, 0) is 4.74 Å². The lowest BCUT2D eigenvalue weighted by Gasteiger charge is -2.57. The van der Waals surface area contributed by atoms with Crippen LogP contribution in [0.15, 0.2) is 0 Å². The first-order valence-corrected chi connectivity index (χ1v) is 8.74. The molecule has 0 radical (unpaired) electrons. The molecule has 4 heteroatoms. The van der Waals surface area contributed by atoms with Crippen LogP contribution in [0.3, 0.4) is 0 Å². The molecule has 4 aliphatic carbocycles. The van der Waals surface area contributed by atoms with Crippen LogP contribution in [0.4, 0.5) is 4.79 Å². The molecular weight excluding hydrogens is 264 g/mol. The Morgan fingerprint density at radius 1 is 1.00 bits per heavy atom. The Morgan fingerprint density at radius 2 is 1.48 bits per heavy atom. The highest BCUT2D eigenvalue weighted by molar-refractivity contribution is 5.75. The topological polar surface area (TPSA) is 41.6 Å². The zero-order chi connectivity index (χ0) is 14.6. The second kappa shape index (κ2) is 4.87. The Labute approximate surface area is 127 Å².